The van der Waals surface area contributed by atoms with Gasteiger partial charge < -0.3 is 14.6 Å². The van der Waals surface area contributed by atoms with Crippen molar-refractivity contribution in [1.82, 2.24) is 0 Å². The van der Waals surface area contributed by atoms with Crippen LogP contribution in [0.2, 0.25) is 0 Å². The Morgan fingerprint density at radius 3 is 1.51 bits per heavy atom. The lowest BCUT2D eigenvalue weighted by atomic mass is 9.78. The average molecular weight is 642 g/mol. The van der Waals surface area contributed by atoms with Gasteiger partial charge in [-0.2, -0.15) is 11.8 Å². The van der Waals surface area contributed by atoms with Crippen molar-refractivity contribution in [3.63, 3.8) is 0 Å². The van der Waals surface area contributed by atoms with Gasteiger partial charge in [-0.05, 0) is 73.6 Å². The summed E-state index contributed by atoms with van der Waals surface area (Å²) in [5.74, 6) is 1.20. The molecule has 8 heteroatoms. The van der Waals surface area contributed by atoms with Crippen molar-refractivity contribution in [2.24, 2.45) is 5.18 Å². The summed E-state index contributed by atoms with van der Waals surface area (Å²) in [7, 11) is 0. The van der Waals surface area contributed by atoms with Crippen LogP contribution in [0.3, 0.4) is 0 Å². The van der Waals surface area contributed by atoms with E-state index in [0.29, 0.717) is 49.0 Å². The molecule has 0 aliphatic rings. The van der Waals surface area contributed by atoms with Crippen molar-refractivity contribution in [2.45, 2.75) is 124 Å². The maximum atomic E-state index is 12.4. The highest BCUT2D eigenvalue weighted by Crippen LogP contribution is 2.40. The Kier molecular flexibility index (Phi) is 13.7. The van der Waals surface area contributed by atoms with Crippen molar-refractivity contribution >= 4 is 29.4 Å². The number of thioether (sulfide) groups is 1. The maximum absolute atomic E-state index is 12.4. The molecule has 0 atom stereocenters. The van der Waals surface area contributed by atoms with Gasteiger partial charge in [-0.15, -0.1) is 4.91 Å². The van der Waals surface area contributed by atoms with Crippen LogP contribution in [0.1, 0.15) is 128 Å². The van der Waals surface area contributed by atoms with Crippen molar-refractivity contribution in [3.8, 4) is 5.75 Å². The van der Waals surface area contributed by atoms with E-state index in [9.17, 15) is 19.6 Å². The molecule has 0 radical (unpaired) electrons. The summed E-state index contributed by atoms with van der Waals surface area (Å²) in [6.45, 7) is 23.3. The van der Waals surface area contributed by atoms with Gasteiger partial charge in [0.1, 0.15) is 24.7 Å². The molecule has 0 heterocycles. The fourth-order valence-corrected chi connectivity index (χ4v) is 5.73. The minimum atomic E-state index is -0.263. The molecule has 0 spiro atoms. The number of hydrogen-bond acceptors (Lipinski definition) is 8. The molecule has 0 aliphatic carbocycles. The van der Waals surface area contributed by atoms with Gasteiger partial charge in [-0.3, -0.25) is 9.59 Å². The molecule has 0 amide bonds. The molecule has 0 saturated carbocycles. The molecule has 0 fully saturated rings. The molecule has 1 N–H and O–H groups in total. The van der Waals surface area contributed by atoms with Crippen LogP contribution in [0.4, 0.5) is 5.69 Å². The van der Waals surface area contributed by atoms with Crippen molar-refractivity contribution < 1.29 is 24.2 Å². The number of rotatable bonds is 14. The third-order valence-electron chi connectivity index (χ3n) is 7.72. The van der Waals surface area contributed by atoms with Crippen LogP contribution in [0, 0.1) is 4.91 Å². The van der Waals surface area contributed by atoms with E-state index in [0.717, 1.165) is 33.4 Å². The van der Waals surface area contributed by atoms with E-state index in [-0.39, 0.29) is 46.9 Å². The molecule has 250 valence electrons. The van der Waals surface area contributed by atoms with Crippen molar-refractivity contribution in [3.05, 3.63) is 62.6 Å². The minimum absolute atomic E-state index is 0.143. The smallest absolute Gasteiger partial charge is 0.306 e. The highest BCUT2D eigenvalue weighted by Gasteiger charge is 2.27. The summed E-state index contributed by atoms with van der Waals surface area (Å²) in [6.07, 6.45) is 1.60. The van der Waals surface area contributed by atoms with Crippen molar-refractivity contribution in [1.29, 1.82) is 0 Å². The number of benzene rings is 2. The Morgan fingerprint density at radius 2 is 1.13 bits per heavy atom. The normalized spacial score (nSPS) is 12.4. The lowest BCUT2D eigenvalue weighted by Gasteiger charge is -2.28. The summed E-state index contributed by atoms with van der Waals surface area (Å²) in [5, 5.41) is 14.3. The van der Waals surface area contributed by atoms with E-state index in [1.54, 1.807) is 11.8 Å². The molecule has 45 heavy (non-hydrogen) atoms. The SMILES string of the molecule is CC(C)c1cc(CCC(=O)OCCSCCOC(=O)CCc2cc(C(C)(C)C)c(O)c(C(C)(C)C)c2)cc(C(C)(C)C)c1N=O. The van der Waals surface area contributed by atoms with E-state index >= 15 is 0 Å². The highest BCUT2D eigenvalue weighted by atomic mass is 32.2. The second-order valence-electron chi connectivity index (χ2n) is 15.2. The number of carbonyl (C=O) groups excluding carboxylic acids is 2. The van der Waals surface area contributed by atoms with Gasteiger partial charge in [0.2, 0.25) is 0 Å². The molecular weight excluding hydrogens is 586 g/mol. The van der Waals surface area contributed by atoms with E-state index in [1.165, 1.54) is 0 Å². The maximum Gasteiger partial charge on any atom is 0.306 e. The third kappa shape index (κ3) is 11.8. The number of aromatic hydroxyl groups is 1. The van der Waals surface area contributed by atoms with E-state index in [4.69, 9.17) is 9.47 Å². The number of carbonyl (C=O) groups is 2. The van der Waals surface area contributed by atoms with Gasteiger partial charge in [-0.1, -0.05) is 100 Å². The van der Waals surface area contributed by atoms with Gasteiger partial charge >= 0.3 is 11.9 Å². The molecule has 0 saturated heterocycles. The van der Waals surface area contributed by atoms with Crippen molar-refractivity contribution in [2.75, 3.05) is 24.7 Å². The Hall–Kier alpha value is -2.87. The predicted octanol–water partition coefficient (Wildman–Crippen LogP) is 9.19. The van der Waals surface area contributed by atoms with Gasteiger partial charge in [-0.25, -0.2) is 0 Å². The molecule has 2 aromatic carbocycles. The monoisotopic (exact) mass is 641 g/mol. The molecule has 2 aromatic rings. The molecule has 0 aliphatic heterocycles. The Bertz CT molecular complexity index is 1290. The zero-order valence-corrected chi connectivity index (χ0v) is 30.2. The number of phenolic OH excluding ortho intramolecular Hbond substituents is 1. The zero-order valence-electron chi connectivity index (χ0n) is 29.4. The van der Waals surface area contributed by atoms with Crippen LogP contribution in [0.5, 0.6) is 5.75 Å². The fourth-order valence-electron chi connectivity index (χ4n) is 5.13. The second-order valence-corrected chi connectivity index (χ2v) is 16.4. The first kappa shape index (κ1) is 38.3. The number of aryl methyl sites for hydroxylation is 2. The summed E-state index contributed by atoms with van der Waals surface area (Å²) < 4.78 is 10.9. The fraction of sp³-hybridized carbons (Fsp3) is 0.622. The standard InChI is InChI=1S/C37H55NO6S/c1-24(2)27-20-25(21-28(33(27)38-42)35(3,4)5)12-14-31(39)43-16-18-45-19-17-44-32(40)15-13-26-22-29(36(6,7)8)34(41)30(23-26)37(9,10)11/h20-24,41H,12-19H2,1-11H3. The van der Waals surface area contributed by atoms with E-state index in [2.05, 4.69) is 67.5 Å². The molecule has 0 bridgehead atoms. The molecule has 7 nitrogen and oxygen atoms in total. The predicted molar refractivity (Wildman–Crippen MR) is 186 cm³/mol. The molecular formula is C37H55NO6S. The lowest BCUT2D eigenvalue weighted by molar-refractivity contribution is -0.143. The third-order valence-corrected chi connectivity index (χ3v) is 8.63. The minimum Gasteiger partial charge on any atom is -0.507 e. The Labute approximate surface area is 275 Å². The number of nitrogens with zero attached hydrogens (tertiary/aromatic N) is 1. The quantitative estimate of drug-likeness (QED) is 0.125. The summed E-state index contributed by atoms with van der Waals surface area (Å²) in [5.41, 5.74) is 5.41. The number of esters is 2. The Morgan fingerprint density at radius 1 is 0.733 bits per heavy atom. The first-order valence-electron chi connectivity index (χ1n) is 16.0. The largest absolute Gasteiger partial charge is 0.507 e. The second kappa shape index (κ2) is 16.1. The highest BCUT2D eigenvalue weighted by molar-refractivity contribution is 7.99. The first-order chi connectivity index (χ1) is 20.8. The first-order valence-corrected chi connectivity index (χ1v) is 17.2. The van der Waals surface area contributed by atoms with Crippen LogP contribution in [0.15, 0.2) is 29.4 Å². The van der Waals surface area contributed by atoms with Gasteiger partial charge in [0.25, 0.3) is 0 Å². The van der Waals surface area contributed by atoms with Crippen LogP contribution < -0.4 is 0 Å². The van der Waals surface area contributed by atoms with Gasteiger partial charge in [0.15, 0.2) is 0 Å². The van der Waals surface area contributed by atoms with Gasteiger partial charge in [0.05, 0.1) is 0 Å². The summed E-state index contributed by atoms with van der Waals surface area (Å²) in [4.78, 5) is 36.4. The van der Waals surface area contributed by atoms with E-state index in [1.807, 2.05) is 38.1 Å². The number of phenols is 1. The molecule has 0 unspecified atom stereocenters. The number of hydrogen-bond donors (Lipinski definition) is 1. The Balaban J connectivity index is 1.75. The molecule has 2 rings (SSSR count). The molecule has 0 aromatic heterocycles. The van der Waals surface area contributed by atoms with Gasteiger partial charge in [0, 0.05) is 24.3 Å². The van der Waals surface area contributed by atoms with E-state index < -0.39 is 0 Å². The number of ether oxygens (including phenoxy) is 2. The summed E-state index contributed by atoms with van der Waals surface area (Å²) in [6, 6.07) is 7.98. The average Bonchev–Trinajstić information content (AvgIpc) is 2.92. The zero-order chi connectivity index (χ0) is 34.2. The van der Waals surface area contributed by atoms with Crippen LogP contribution in [0.25, 0.3) is 0 Å². The summed E-state index contributed by atoms with van der Waals surface area (Å²) >= 11 is 1.57. The lowest BCUT2D eigenvalue weighted by Crippen LogP contribution is -2.18. The van der Waals surface area contributed by atoms with Crippen LogP contribution in [-0.4, -0.2) is 41.8 Å². The van der Waals surface area contributed by atoms with Crippen LogP contribution in [-0.2, 0) is 48.1 Å². The number of nitroso groups, excluding NO2 is 1. The topological polar surface area (TPSA) is 102 Å². The van der Waals surface area contributed by atoms with Crippen LogP contribution >= 0.6 is 11.8 Å².